The van der Waals surface area contributed by atoms with Gasteiger partial charge in [-0.1, -0.05) is 6.07 Å². The number of benzene rings is 2. The van der Waals surface area contributed by atoms with Crippen LogP contribution in [-0.4, -0.2) is 9.97 Å². The summed E-state index contributed by atoms with van der Waals surface area (Å²) in [6.45, 7) is 2.50. The number of hydrogen-bond acceptors (Lipinski definition) is 2. The van der Waals surface area contributed by atoms with Gasteiger partial charge in [-0.15, -0.1) is 0 Å². The van der Waals surface area contributed by atoms with Crippen LogP contribution in [0.25, 0.3) is 11.0 Å². The highest BCUT2D eigenvalue weighted by molar-refractivity contribution is 9.10. The summed E-state index contributed by atoms with van der Waals surface area (Å²) in [5.74, 6) is 0.649. The maximum Gasteiger partial charge on any atom is 0.137 e. The zero-order chi connectivity index (χ0) is 14.1. The lowest BCUT2D eigenvalue weighted by Gasteiger charge is -2.07. The van der Waals surface area contributed by atoms with Gasteiger partial charge in [0.05, 0.1) is 15.5 Å². The molecule has 2 aromatic carbocycles. The Morgan fingerprint density at radius 2 is 2.10 bits per heavy atom. The standard InChI is InChI=1S/C15H13BrFN3/c1-9-19-14-5-3-11(7-15(14)20-9)18-8-10-2-4-12(16)13(17)6-10/h2-7,18H,8H2,1H3,(H,19,20). The van der Waals surface area contributed by atoms with Crippen molar-refractivity contribution in [1.82, 2.24) is 9.97 Å². The first-order valence-corrected chi connectivity index (χ1v) is 7.05. The first-order valence-electron chi connectivity index (χ1n) is 6.26. The van der Waals surface area contributed by atoms with E-state index in [1.807, 2.05) is 31.2 Å². The van der Waals surface area contributed by atoms with Crippen LogP contribution in [0.3, 0.4) is 0 Å². The van der Waals surface area contributed by atoms with Gasteiger partial charge in [-0.05, 0) is 58.7 Å². The molecule has 0 atom stereocenters. The van der Waals surface area contributed by atoms with E-state index < -0.39 is 0 Å². The Balaban J connectivity index is 1.77. The van der Waals surface area contributed by atoms with Crippen molar-refractivity contribution in [2.45, 2.75) is 13.5 Å². The average Bonchev–Trinajstić information content (AvgIpc) is 2.79. The average molecular weight is 334 g/mol. The Hall–Kier alpha value is -1.88. The summed E-state index contributed by atoms with van der Waals surface area (Å²) in [5.41, 5.74) is 3.81. The van der Waals surface area contributed by atoms with Crippen molar-refractivity contribution in [3.05, 3.63) is 58.1 Å². The van der Waals surface area contributed by atoms with Gasteiger partial charge in [-0.3, -0.25) is 0 Å². The summed E-state index contributed by atoms with van der Waals surface area (Å²) in [6, 6.07) is 11.1. The van der Waals surface area contributed by atoms with Crippen LogP contribution in [0.1, 0.15) is 11.4 Å². The fraction of sp³-hybridized carbons (Fsp3) is 0.133. The first kappa shape index (κ1) is 13.1. The molecule has 0 aliphatic carbocycles. The van der Waals surface area contributed by atoms with Crippen LogP contribution in [0.2, 0.25) is 0 Å². The predicted octanol–water partition coefficient (Wildman–Crippen LogP) is 4.39. The molecule has 3 nitrogen and oxygen atoms in total. The van der Waals surface area contributed by atoms with Crippen molar-refractivity contribution < 1.29 is 4.39 Å². The molecule has 0 aliphatic heterocycles. The van der Waals surface area contributed by atoms with E-state index in [0.29, 0.717) is 11.0 Å². The number of aromatic nitrogens is 2. The van der Waals surface area contributed by atoms with Gasteiger partial charge in [0.15, 0.2) is 0 Å². The molecule has 0 radical (unpaired) electrons. The maximum absolute atomic E-state index is 13.4. The lowest BCUT2D eigenvalue weighted by atomic mass is 10.2. The van der Waals surface area contributed by atoms with E-state index in [-0.39, 0.29) is 5.82 Å². The van der Waals surface area contributed by atoms with E-state index in [1.54, 1.807) is 6.07 Å². The molecule has 1 heterocycles. The largest absolute Gasteiger partial charge is 0.381 e. The van der Waals surface area contributed by atoms with Crippen molar-refractivity contribution in [1.29, 1.82) is 0 Å². The molecule has 20 heavy (non-hydrogen) atoms. The lowest BCUT2D eigenvalue weighted by molar-refractivity contribution is 0.619. The first-order chi connectivity index (χ1) is 9.61. The van der Waals surface area contributed by atoms with Crippen LogP contribution in [-0.2, 0) is 6.54 Å². The molecule has 0 saturated carbocycles. The molecule has 0 aliphatic rings. The highest BCUT2D eigenvalue weighted by Gasteiger charge is 2.03. The second-order valence-electron chi connectivity index (χ2n) is 4.66. The number of aromatic amines is 1. The molecule has 1 aromatic heterocycles. The molecule has 3 rings (SSSR count). The molecule has 0 amide bonds. The Morgan fingerprint density at radius 3 is 2.90 bits per heavy atom. The normalized spacial score (nSPS) is 10.9. The monoisotopic (exact) mass is 333 g/mol. The summed E-state index contributed by atoms with van der Waals surface area (Å²) in [7, 11) is 0. The van der Waals surface area contributed by atoms with Crippen LogP contribution in [0.15, 0.2) is 40.9 Å². The quantitative estimate of drug-likeness (QED) is 0.746. The van der Waals surface area contributed by atoms with Gasteiger partial charge in [0, 0.05) is 12.2 Å². The number of fused-ring (bicyclic) bond motifs is 1. The van der Waals surface area contributed by atoms with E-state index >= 15 is 0 Å². The van der Waals surface area contributed by atoms with Crippen molar-refractivity contribution >= 4 is 32.7 Å². The zero-order valence-corrected chi connectivity index (χ0v) is 12.5. The number of anilines is 1. The Morgan fingerprint density at radius 1 is 1.25 bits per heavy atom. The van der Waals surface area contributed by atoms with Crippen molar-refractivity contribution in [2.24, 2.45) is 0 Å². The van der Waals surface area contributed by atoms with E-state index in [4.69, 9.17) is 0 Å². The van der Waals surface area contributed by atoms with Crippen molar-refractivity contribution in [3.63, 3.8) is 0 Å². The van der Waals surface area contributed by atoms with Crippen LogP contribution >= 0.6 is 15.9 Å². The number of nitrogens with zero attached hydrogens (tertiary/aromatic N) is 1. The number of rotatable bonds is 3. The number of nitrogens with one attached hydrogen (secondary N) is 2. The number of H-pyrrole nitrogens is 1. The Labute approximate surface area is 124 Å². The second kappa shape index (κ2) is 5.25. The molecule has 0 spiro atoms. The maximum atomic E-state index is 13.4. The fourth-order valence-corrected chi connectivity index (χ4v) is 2.35. The van der Waals surface area contributed by atoms with E-state index in [0.717, 1.165) is 28.1 Å². The Kier molecular flexibility index (Phi) is 3.44. The van der Waals surface area contributed by atoms with Crippen molar-refractivity contribution in [2.75, 3.05) is 5.32 Å². The second-order valence-corrected chi connectivity index (χ2v) is 5.51. The summed E-state index contributed by atoms with van der Waals surface area (Å²) < 4.78 is 13.9. The van der Waals surface area contributed by atoms with Crippen LogP contribution < -0.4 is 5.32 Å². The number of hydrogen-bond donors (Lipinski definition) is 2. The van der Waals surface area contributed by atoms with Crippen LogP contribution in [0.4, 0.5) is 10.1 Å². The summed E-state index contributed by atoms with van der Waals surface area (Å²) in [4.78, 5) is 7.55. The molecule has 0 fully saturated rings. The summed E-state index contributed by atoms with van der Waals surface area (Å²) >= 11 is 3.15. The smallest absolute Gasteiger partial charge is 0.137 e. The molecule has 0 bridgehead atoms. The van der Waals surface area contributed by atoms with Crippen LogP contribution in [0.5, 0.6) is 0 Å². The third-order valence-electron chi connectivity index (χ3n) is 3.08. The summed E-state index contributed by atoms with van der Waals surface area (Å²) in [6.07, 6.45) is 0. The highest BCUT2D eigenvalue weighted by atomic mass is 79.9. The van der Waals surface area contributed by atoms with E-state index in [9.17, 15) is 4.39 Å². The molecule has 0 unspecified atom stereocenters. The third kappa shape index (κ3) is 2.67. The van der Waals surface area contributed by atoms with E-state index in [2.05, 4.69) is 31.2 Å². The fourth-order valence-electron chi connectivity index (χ4n) is 2.10. The molecular weight excluding hydrogens is 321 g/mol. The molecule has 5 heteroatoms. The highest BCUT2D eigenvalue weighted by Crippen LogP contribution is 2.19. The topological polar surface area (TPSA) is 40.7 Å². The molecular formula is C15H13BrFN3. The van der Waals surface area contributed by atoms with Gasteiger partial charge in [-0.2, -0.15) is 0 Å². The Bertz CT molecular complexity index is 767. The summed E-state index contributed by atoms with van der Waals surface area (Å²) in [5, 5.41) is 3.28. The predicted molar refractivity (Wildman–Crippen MR) is 82.3 cm³/mol. The van der Waals surface area contributed by atoms with E-state index in [1.165, 1.54) is 6.07 Å². The van der Waals surface area contributed by atoms with Gasteiger partial charge in [-0.25, -0.2) is 9.37 Å². The van der Waals surface area contributed by atoms with Gasteiger partial charge in [0.25, 0.3) is 0 Å². The molecule has 0 saturated heterocycles. The molecule has 2 N–H and O–H groups in total. The van der Waals surface area contributed by atoms with Gasteiger partial charge in [0.2, 0.25) is 0 Å². The minimum Gasteiger partial charge on any atom is -0.381 e. The van der Waals surface area contributed by atoms with Crippen molar-refractivity contribution in [3.8, 4) is 0 Å². The van der Waals surface area contributed by atoms with Gasteiger partial charge in [0.1, 0.15) is 11.6 Å². The van der Waals surface area contributed by atoms with Crippen LogP contribution in [0, 0.1) is 12.7 Å². The minimum absolute atomic E-state index is 0.246. The SMILES string of the molecule is Cc1nc2ccc(NCc3ccc(Br)c(F)c3)cc2[nH]1. The number of halogens is 2. The minimum atomic E-state index is -0.246. The molecule has 102 valence electrons. The lowest BCUT2D eigenvalue weighted by Crippen LogP contribution is -1.99. The zero-order valence-electron chi connectivity index (χ0n) is 10.9. The third-order valence-corrected chi connectivity index (χ3v) is 3.72. The molecule has 3 aromatic rings. The van der Waals surface area contributed by atoms with Gasteiger partial charge >= 0.3 is 0 Å². The van der Waals surface area contributed by atoms with Gasteiger partial charge < -0.3 is 10.3 Å². The number of imidazole rings is 1. The number of aryl methyl sites for hydroxylation is 1.